The summed E-state index contributed by atoms with van der Waals surface area (Å²) >= 11 is 1.88. The number of hydrogen-bond donors (Lipinski definition) is 0. The standard InChI is InChI=1S/C52H33NS/c1-2-11-34(12-3-1)35-23-28-40(29-24-35)53(48-20-10-19-46-51-43-16-7-5-14-37(43)27-32-49(51)54-52(46)48)41-30-25-38(26-31-41)47-33-39-22-21-36-13-4-6-15-42(36)50(39)45-18-9-8-17-44(45)47/h1-33H. The van der Waals surface area contributed by atoms with E-state index in [1.807, 2.05) is 11.3 Å². The number of fused-ring (bicyclic) bond motifs is 10. The van der Waals surface area contributed by atoms with Gasteiger partial charge in [-0.3, -0.25) is 0 Å². The van der Waals surface area contributed by atoms with Gasteiger partial charge in [0.25, 0.3) is 0 Å². The quantitative estimate of drug-likeness (QED) is 0.161. The zero-order chi connectivity index (χ0) is 35.6. The first kappa shape index (κ1) is 30.8. The molecule has 0 saturated carbocycles. The van der Waals surface area contributed by atoms with Crippen LogP contribution in [0.2, 0.25) is 0 Å². The van der Waals surface area contributed by atoms with E-state index >= 15 is 0 Å². The van der Waals surface area contributed by atoms with Gasteiger partial charge in [0.2, 0.25) is 0 Å². The fourth-order valence-electron chi connectivity index (χ4n) is 8.50. The van der Waals surface area contributed by atoms with Crippen LogP contribution < -0.4 is 4.90 Å². The van der Waals surface area contributed by atoms with Crippen molar-refractivity contribution in [3.8, 4) is 22.3 Å². The third-order valence-electron chi connectivity index (χ3n) is 11.0. The number of nitrogens with zero attached hydrogens (tertiary/aromatic N) is 1. The summed E-state index contributed by atoms with van der Waals surface area (Å²) in [5.74, 6) is 0. The maximum Gasteiger partial charge on any atom is 0.0640 e. The lowest BCUT2D eigenvalue weighted by Crippen LogP contribution is -2.10. The molecule has 0 atom stereocenters. The molecular formula is C52H33NS. The fraction of sp³-hybridized carbons (Fsp3) is 0. The summed E-state index contributed by atoms with van der Waals surface area (Å²) in [6, 6.07) is 73.4. The van der Waals surface area contributed by atoms with Crippen molar-refractivity contribution in [3.63, 3.8) is 0 Å². The lowest BCUT2D eigenvalue weighted by Gasteiger charge is -2.26. The van der Waals surface area contributed by atoms with Crippen molar-refractivity contribution in [1.29, 1.82) is 0 Å². The van der Waals surface area contributed by atoms with Crippen molar-refractivity contribution in [2.75, 3.05) is 4.90 Å². The minimum Gasteiger partial charge on any atom is -0.309 e. The van der Waals surface area contributed by atoms with Gasteiger partial charge in [-0.15, -0.1) is 11.3 Å². The second kappa shape index (κ2) is 12.4. The van der Waals surface area contributed by atoms with Gasteiger partial charge in [0, 0.05) is 26.8 Å². The van der Waals surface area contributed by atoms with E-state index in [9.17, 15) is 0 Å². The average Bonchev–Trinajstić information content (AvgIpc) is 3.64. The highest BCUT2D eigenvalue weighted by atomic mass is 32.1. The van der Waals surface area contributed by atoms with Crippen LogP contribution in [0.4, 0.5) is 17.1 Å². The molecule has 0 fully saturated rings. The zero-order valence-corrected chi connectivity index (χ0v) is 30.2. The predicted octanol–water partition coefficient (Wildman–Crippen LogP) is 15.5. The van der Waals surface area contributed by atoms with E-state index in [1.54, 1.807) is 0 Å². The van der Waals surface area contributed by atoms with Gasteiger partial charge in [-0.25, -0.2) is 0 Å². The highest BCUT2D eigenvalue weighted by Crippen LogP contribution is 2.47. The number of benzene rings is 10. The van der Waals surface area contributed by atoms with Crippen LogP contribution in [-0.2, 0) is 0 Å². The van der Waals surface area contributed by atoms with Crippen LogP contribution in [-0.4, -0.2) is 0 Å². The Morgan fingerprint density at radius 3 is 1.59 bits per heavy atom. The highest BCUT2D eigenvalue weighted by Gasteiger charge is 2.20. The van der Waals surface area contributed by atoms with Gasteiger partial charge in [0.1, 0.15) is 0 Å². The van der Waals surface area contributed by atoms with Gasteiger partial charge in [-0.1, -0.05) is 158 Å². The Kier molecular flexibility index (Phi) is 7.11. The fourth-order valence-corrected chi connectivity index (χ4v) is 9.72. The molecule has 0 aliphatic heterocycles. The molecule has 0 spiro atoms. The summed E-state index contributed by atoms with van der Waals surface area (Å²) in [6.45, 7) is 0. The molecule has 0 amide bonds. The van der Waals surface area contributed by atoms with Gasteiger partial charge in [0.15, 0.2) is 0 Å². The van der Waals surface area contributed by atoms with E-state index in [4.69, 9.17) is 0 Å². The molecule has 10 aromatic carbocycles. The third kappa shape index (κ3) is 4.92. The van der Waals surface area contributed by atoms with Crippen molar-refractivity contribution >= 4 is 91.7 Å². The first-order valence-corrected chi connectivity index (χ1v) is 19.3. The Morgan fingerprint density at radius 2 is 0.870 bits per heavy atom. The smallest absolute Gasteiger partial charge is 0.0640 e. The molecule has 0 aliphatic rings. The first-order valence-electron chi connectivity index (χ1n) is 18.5. The Balaban J connectivity index is 1.09. The number of thiophene rings is 1. The molecule has 0 saturated heterocycles. The van der Waals surface area contributed by atoms with E-state index in [2.05, 4.69) is 205 Å². The zero-order valence-electron chi connectivity index (χ0n) is 29.4. The van der Waals surface area contributed by atoms with Crippen molar-refractivity contribution in [3.05, 3.63) is 200 Å². The molecule has 2 heteroatoms. The Bertz CT molecular complexity index is 3190. The molecule has 1 heterocycles. The van der Waals surface area contributed by atoms with E-state index in [0.717, 1.165) is 11.4 Å². The van der Waals surface area contributed by atoms with Gasteiger partial charge in [-0.2, -0.15) is 0 Å². The summed E-state index contributed by atoms with van der Waals surface area (Å²) in [4.78, 5) is 2.43. The van der Waals surface area contributed by atoms with Crippen molar-refractivity contribution in [1.82, 2.24) is 0 Å². The summed E-state index contributed by atoms with van der Waals surface area (Å²) in [5, 5.41) is 12.9. The van der Waals surface area contributed by atoms with E-state index in [-0.39, 0.29) is 0 Å². The first-order chi connectivity index (χ1) is 26.8. The second-order valence-electron chi connectivity index (χ2n) is 14.1. The Labute approximate surface area is 317 Å². The number of rotatable bonds is 5. The number of anilines is 3. The maximum absolute atomic E-state index is 2.43. The molecule has 0 bridgehead atoms. The van der Waals surface area contributed by atoms with Crippen molar-refractivity contribution < 1.29 is 0 Å². The maximum atomic E-state index is 2.43. The third-order valence-corrected chi connectivity index (χ3v) is 12.2. The minimum atomic E-state index is 1.12. The molecule has 54 heavy (non-hydrogen) atoms. The van der Waals surface area contributed by atoms with Crippen LogP contribution in [0, 0.1) is 0 Å². The van der Waals surface area contributed by atoms with Gasteiger partial charge in [0.05, 0.1) is 10.4 Å². The van der Waals surface area contributed by atoms with Gasteiger partial charge in [-0.05, 0) is 108 Å². The van der Waals surface area contributed by atoms with E-state index < -0.39 is 0 Å². The summed E-state index contributed by atoms with van der Waals surface area (Å²) in [5.41, 5.74) is 8.30. The average molecular weight is 704 g/mol. The minimum absolute atomic E-state index is 1.12. The van der Waals surface area contributed by atoms with Crippen LogP contribution in [0.3, 0.4) is 0 Å². The molecular weight excluding hydrogens is 671 g/mol. The Hall–Kier alpha value is -6.74. The lowest BCUT2D eigenvalue weighted by atomic mass is 9.90. The van der Waals surface area contributed by atoms with Crippen molar-refractivity contribution in [2.24, 2.45) is 0 Å². The van der Waals surface area contributed by atoms with Crippen molar-refractivity contribution in [2.45, 2.75) is 0 Å². The molecule has 0 N–H and O–H groups in total. The molecule has 1 aromatic heterocycles. The van der Waals surface area contributed by atoms with Gasteiger partial charge >= 0.3 is 0 Å². The number of hydrogen-bond acceptors (Lipinski definition) is 2. The Morgan fingerprint density at radius 1 is 0.333 bits per heavy atom. The predicted molar refractivity (Wildman–Crippen MR) is 235 cm³/mol. The van der Waals surface area contributed by atoms with Gasteiger partial charge < -0.3 is 4.90 Å². The molecule has 11 rings (SSSR count). The normalized spacial score (nSPS) is 11.7. The molecule has 0 aliphatic carbocycles. The monoisotopic (exact) mass is 703 g/mol. The van der Waals surface area contributed by atoms with Crippen LogP contribution in [0.15, 0.2) is 200 Å². The summed E-state index contributed by atoms with van der Waals surface area (Å²) in [7, 11) is 0. The largest absolute Gasteiger partial charge is 0.309 e. The molecule has 0 unspecified atom stereocenters. The lowest BCUT2D eigenvalue weighted by molar-refractivity contribution is 1.30. The second-order valence-corrected chi connectivity index (χ2v) is 15.1. The SMILES string of the molecule is c1ccc(-c2ccc(N(c3ccc(-c4cc5ccc6ccccc6c5c5ccccc45)cc3)c3cccc4c3sc3ccc5ccccc5c34)cc2)cc1. The molecule has 252 valence electrons. The summed E-state index contributed by atoms with van der Waals surface area (Å²) < 4.78 is 2.59. The highest BCUT2D eigenvalue weighted by molar-refractivity contribution is 7.26. The van der Waals surface area contributed by atoms with E-state index in [1.165, 1.54) is 91.2 Å². The van der Waals surface area contributed by atoms with Crippen LogP contribution >= 0.6 is 11.3 Å². The molecule has 1 nitrogen and oxygen atoms in total. The van der Waals surface area contributed by atoms with E-state index in [0.29, 0.717) is 0 Å². The van der Waals surface area contributed by atoms with Crippen LogP contribution in [0.1, 0.15) is 0 Å². The topological polar surface area (TPSA) is 3.24 Å². The van der Waals surface area contributed by atoms with Crippen LogP contribution in [0.5, 0.6) is 0 Å². The molecule has 0 radical (unpaired) electrons. The molecule has 11 aromatic rings. The van der Waals surface area contributed by atoms with Crippen LogP contribution in [0.25, 0.3) is 85.5 Å². The summed E-state index contributed by atoms with van der Waals surface area (Å²) in [6.07, 6.45) is 0.